The van der Waals surface area contributed by atoms with Crippen molar-refractivity contribution in [2.75, 3.05) is 0 Å². The van der Waals surface area contributed by atoms with Gasteiger partial charge < -0.3 is 0 Å². The molecule has 0 atom stereocenters. The molecule has 3 rings (SSSR count). The summed E-state index contributed by atoms with van der Waals surface area (Å²) in [7, 11) is -0.0329. The first-order valence-corrected chi connectivity index (χ1v) is 11.6. The van der Waals surface area contributed by atoms with Gasteiger partial charge in [0.1, 0.15) is 0 Å². The highest BCUT2D eigenvalue weighted by Gasteiger charge is 2.19. The highest BCUT2D eigenvalue weighted by Crippen LogP contribution is 2.49. The fourth-order valence-corrected chi connectivity index (χ4v) is 6.47. The molecule has 0 unspecified atom stereocenters. The van der Waals surface area contributed by atoms with E-state index in [1.165, 1.54) is 39.1 Å². The first-order chi connectivity index (χ1) is 12.4. The van der Waals surface area contributed by atoms with Crippen molar-refractivity contribution < 1.29 is 0 Å². The molecule has 0 aliphatic rings. The number of benzene rings is 2. The molecule has 0 saturated carbocycles. The molecule has 26 heavy (non-hydrogen) atoms. The summed E-state index contributed by atoms with van der Waals surface area (Å²) < 4.78 is 0. The lowest BCUT2D eigenvalue weighted by molar-refractivity contribution is 0.649. The second-order valence-corrected chi connectivity index (χ2v) is 11.8. The van der Waals surface area contributed by atoms with E-state index in [9.17, 15) is 0 Å². The summed E-state index contributed by atoms with van der Waals surface area (Å²) in [6.07, 6.45) is 2.26. The van der Waals surface area contributed by atoms with Crippen LogP contribution in [0.5, 0.6) is 0 Å². The highest BCUT2D eigenvalue weighted by molar-refractivity contribution is 7.58. The Balaban J connectivity index is 2.14. The molecule has 138 valence electrons. The molecule has 0 aliphatic heterocycles. The first-order valence-electron chi connectivity index (χ1n) is 9.92. The van der Waals surface area contributed by atoms with Crippen LogP contribution >= 0.6 is 7.92 Å². The Bertz CT molecular complexity index is 887. The molecule has 0 N–H and O–H groups in total. The predicted octanol–water partition coefficient (Wildman–Crippen LogP) is 7.39. The standard InChI is InChI=1S/C24H32NP/c1-16(2)13-19-9-7-10-20-14-21-11-8-12-22(24(21)25-23(19)20)15-26(17(3)4)18(5)6/h7-12,14,16-18H,13,15H2,1-6H3. The number of pyridine rings is 1. The first kappa shape index (κ1) is 19.3. The molecule has 1 heterocycles. The Morgan fingerprint density at radius 1 is 0.769 bits per heavy atom. The van der Waals surface area contributed by atoms with Crippen LogP contribution in [-0.2, 0) is 12.6 Å². The van der Waals surface area contributed by atoms with Crippen molar-refractivity contribution in [3.05, 3.63) is 53.6 Å². The van der Waals surface area contributed by atoms with Gasteiger partial charge in [-0.3, -0.25) is 0 Å². The van der Waals surface area contributed by atoms with Gasteiger partial charge in [0.15, 0.2) is 0 Å². The van der Waals surface area contributed by atoms with Crippen LogP contribution in [0.4, 0.5) is 0 Å². The van der Waals surface area contributed by atoms with Gasteiger partial charge in [0.2, 0.25) is 0 Å². The molecule has 0 saturated heterocycles. The quantitative estimate of drug-likeness (QED) is 0.328. The maximum absolute atomic E-state index is 5.21. The second-order valence-electron chi connectivity index (χ2n) is 8.42. The van der Waals surface area contributed by atoms with Crippen molar-refractivity contribution in [3.63, 3.8) is 0 Å². The van der Waals surface area contributed by atoms with E-state index < -0.39 is 0 Å². The van der Waals surface area contributed by atoms with Gasteiger partial charge in [-0.25, -0.2) is 4.98 Å². The van der Waals surface area contributed by atoms with Gasteiger partial charge in [0.25, 0.3) is 0 Å². The Kier molecular flexibility index (Phi) is 5.98. The topological polar surface area (TPSA) is 12.9 Å². The van der Waals surface area contributed by atoms with Crippen LogP contribution < -0.4 is 0 Å². The summed E-state index contributed by atoms with van der Waals surface area (Å²) >= 11 is 0. The second kappa shape index (κ2) is 8.05. The van der Waals surface area contributed by atoms with E-state index in [0.29, 0.717) is 5.92 Å². The predicted molar refractivity (Wildman–Crippen MR) is 119 cm³/mol. The maximum atomic E-state index is 5.21. The zero-order chi connectivity index (χ0) is 18.8. The Morgan fingerprint density at radius 3 is 1.85 bits per heavy atom. The summed E-state index contributed by atoms with van der Waals surface area (Å²) in [5, 5.41) is 2.54. The molecule has 1 aromatic heterocycles. The lowest BCUT2D eigenvalue weighted by Crippen LogP contribution is -2.06. The van der Waals surface area contributed by atoms with E-state index in [0.717, 1.165) is 17.7 Å². The summed E-state index contributed by atoms with van der Waals surface area (Å²) in [6.45, 7) is 14.1. The smallest absolute Gasteiger partial charge is 0.0745 e. The number of aromatic nitrogens is 1. The van der Waals surface area contributed by atoms with Crippen LogP contribution in [0.1, 0.15) is 52.7 Å². The minimum atomic E-state index is -0.0329. The average Bonchev–Trinajstić information content (AvgIpc) is 2.57. The Morgan fingerprint density at radius 2 is 1.31 bits per heavy atom. The molecule has 0 spiro atoms. The van der Waals surface area contributed by atoms with E-state index in [4.69, 9.17) is 4.98 Å². The fraction of sp³-hybridized carbons (Fsp3) is 0.458. The van der Waals surface area contributed by atoms with Gasteiger partial charge in [-0.2, -0.15) is 0 Å². The van der Waals surface area contributed by atoms with Crippen LogP contribution in [-0.4, -0.2) is 16.3 Å². The van der Waals surface area contributed by atoms with E-state index in [1.54, 1.807) is 0 Å². The van der Waals surface area contributed by atoms with Crippen LogP contribution in [0.15, 0.2) is 42.5 Å². The largest absolute Gasteiger partial charge is 0.247 e. The van der Waals surface area contributed by atoms with Crippen molar-refractivity contribution >= 4 is 29.7 Å². The molecule has 2 aromatic carbocycles. The number of hydrogen-bond acceptors (Lipinski definition) is 1. The number of rotatable bonds is 6. The molecule has 0 aliphatic carbocycles. The summed E-state index contributed by atoms with van der Waals surface area (Å²) in [5.41, 5.74) is 6.71. The van der Waals surface area contributed by atoms with Gasteiger partial charge in [0, 0.05) is 10.8 Å². The maximum Gasteiger partial charge on any atom is 0.0745 e. The molecule has 0 amide bonds. The van der Waals surface area contributed by atoms with E-state index in [1.807, 2.05) is 0 Å². The SMILES string of the molecule is CC(C)Cc1cccc2cc3cccc(CP(C(C)C)C(C)C)c3nc12. The van der Waals surface area contributed by atoms with Gasteiger partial charge in [-0.05, 0) is 47.0 Å². The average molecular weight is 366 g/mol. The van der Waals surface area contributed by atoms with E-state index in [-0.39, 0.29) is 7.92 Å². The van der Waals surface area contributed by atoms with Gasteiger partial charge in [-0.1, -0.05) is 85.9 Å². The monoisotopic (exact) mass is 365 g/mol. The van der Waals surface area contributed by atoms with Crippen molar-refractivity contribution in [1.29, 1.82) is 0 Å². The van der Waals surface area contributed by atoms with Crippen molar-refractivity contribution in [2.45, 2.75) is 65.4 Å². The summed E-state index contributed by atoms with van der Waals surface area (Å²) in [6, 6.07) is 15.7. The highest BCUT2D eigenvalue weighted by atomic mass is 31.1. The molecule has 2 heteroatoms. The van der Waals surface area contributed by atoms with Gasteiger partial charge in [-0.15, -0.1) is 0 Å². The minimum Gasteiger partial charge on any atom is -0.247 e. The molecular formula is C24H32NP. The normalized spacial score (nSPS) is 12.4. The number of nitrogens with zero attached hydrogens (tertiary/aromatic N) is 1. The van der Waals surface area contributed by atoms with Gasteiger partial charge in [0.05, 0.1) is 11.0 Å². The minimum absolute atomic E-state index is 0.0329. The molecule has 0 radical (unpaired) electrons. The third-order valence-electron chi connectivity index (χ3n) is 5.14. The number of fused-ring (bicyclic) bond motifs is 2. The Hall–Kier alpha value is -1.46. The summed E-state index contributed by atoms with van der Waals surface area (Å²) in [5.74, 6) is 0.642. The van der Waals surface area contributed by atoms with Crippen LogP contribution in [0.3, 0.4) is 0 Å². The number of para-hydroxylation sites is 2. The zero-order valence-electron chi connectivity index (χ0n) is 17.1. The third kappa shape index (κ3) is 4.09. The molecular weight excluding hydrogens is 333 g/mol. The lowest BCUT2D eigenvalue weighted by atomic mass is 9.99. The van der Waals surface area contributed by atoms with Crippen molar-refractivity contribution in [1.82, 2.24) is 4.98 Å². The van der Waals surface area contributed by atoms with Crippen LogP contribution in [0.25, 0.3) is 21.8 Å². The fourth-order valence-electron chi connectivity index (χ4n) is 3.90. The summed E-state index contributed by atoms with van der Waals surface area (Å²) in [4.78, 5) is 5.21. The number of hydrogen-bond donors (Lipinski definition) is 0. The molecule has 3 aromatic rings. The Labute approximate surface area is 160 Å². The van der Waals surface area contributed by atoms with Crippen LogP contribution in [0.2, 0.25) is 0 Å². The van der Waals surface area contributed by atoms with Crippen LogP contribution in [0, 0.1) is 5.92 Å². The molecule has 0 bridgehead atoms. The van der Waals surface area contributed by atoms with Crippen molar-refractivity contribution in [3.8, 4) is 0 Å². The molecule has 1 nitrogen and oxygen atoms in total. The lowest BCUT2D eigenvalue weighted by Gasteiger charge is -2.26. The zero-order valence-corrected chi connectivity index (χ0v) is 18.0. The molecule has 0 fully saturated rings. The van der Waals surface area contributed by atoms with Crippen molar-refractivity contribution in [2.24, 2.45) is 5.92 Å². The van der Waals surface area contributed by atoms with E-state index in [2.05, 4.69) is 84.0 Å². The third-order valence-corrected chi connectivity index (χ3v) is 8.50. The van der Waals surface area contributed by atoms with Gasteiger partial charge >= 0.3 is 0 Å². The van der Waals surface area contributed by atoms with E-state index >= 15 is 0 Å².